The average molecular weight is 252 g/mol. The molecule has 2 saturated carbocycles. The van der Waals surface area contributed by atoms with E-state index in [2.05, 4.69) is 6.58 Å². The molecule has 0 aliphatic heterocycles. The van der Waals surface area contributed by atoms with E-state index in [1.54, 1.807) is 0 Å². The van der Waals surface area contributed by atoms with Crippen molar-refractivity contribution in [3.63, 3.8) is 0 Å². The first-order chi connectivity index (χ1) is 8.42. The summed E-state index contributed by atoms with van der Waals surface area (Å²) in [5, 5.41) is 20.0. The Hall–Kier alpha value is -0.670. The summed E-state index contributed by atoms with van der Waals surface area (Å²) in [4.78, 5) is 11.4. The molecule has 0 radical (unpaired) electrons. The Morgan fingerprint density at radius 2 is 2.11 bits per heavy atom. The molecule has 2 aliphatic carbocycles. The van der Waals surface area contributed by atoms with E-state index in [0.717, 1.165) is 25.5 Å². The van der Waals surface area contributed by atoms with Gasteiger partial charge in [-0.2, -0.15) is 0 Å². The Labute approximate surface area is 109 Å². The summed E-state index contributed by atoms with van der Waals surface area (Å²) in [7, 11) is 0. The lowest BCUT2D eigenvalue weighted by Crippen LogP contribution is -2.52. The van der Waals surface area contributed by atoms with E-state index in [-0.39, 0.29) is 17.3 Å². The Balaban J connectivity index is 2.28. The Kier molecular flexibility index (Phi) is 3.65. The molecule has 2 fully saturated rings. The summed E-state index contributed by atoms with van der Waals surface area (Å²) >= 11 is 0. The molecule has 3 nitrogen and oxygen atoms in total. The molecule has 2 N–H and O–H groups in total. The van der Waals surface area contributed by atoms with Crippen LogP contribution in [0.5, 0.6) is 0 Å². The van der Waals surface area contributed by atoms with Gasteiger partial charge in [0.15, 0.2) is 0 Å². The van der Waals surface area contributed by atoms with Crippen LogP contribution in [0, 0.1) is 23.2 Å². The molecule has 3 heteroatoms. The highest BCUT2D eigenvalue weighted by atomic mass is 16.3. The molecule has 2 aliphatic rings. The minimum Gasteiger partial charge on any atom is -0.390 e. The largest absolute Gasteiger partial charge is 0.390 e. The zero-order chi connectivity index (χ0) is 13.5. The number of aliphatic hydroxyl groups is 2. The number of aliphatic hydroxyl groups excluding tert-OH is 2. The average Bonchev–Trinajstić information content (AvgIpc) is 2.78. The van der Waals surface area contributed by atoms with Gasteiger partial charge in [0.1, 0.15) is 6.29 Å². The summed E-state index contributed by atoms with van der Waals surface area (Å²) in [5.41, 5.74) is 1.04. The highest BCUT2D eigenvalue weighted by Gasteiger charge is 2.55. The third kappa shape index (κ3) is 1.94. The van der Waals surface area contributed by atoms with E-state index in [0.29, 0.717) is 12.3 Å². The van der Waals surface area contributed by atoms with Crippen molar-refractivity contribution in [2.75, 3.05) is 0 Å². The predicted octanol–water partition coefficient (Wildman–Crippen LogP) is 1.93. The number of carbonyl (C=O) groups excluding carboxylic acids is 1. The van der Waals surface area contributed by atoms with Gasteiger partial charge in [0.05, 0.1) is 12.2 Å². The molecule has 0 amide bonds. The van der Waals surface area contributed by atoms with Gasteiger partial charge in [-0.3, -0.25) is 0 Å². The molecule has 102 valence electrons. The summed E-state index contributed by atoms with van der Waals surface area (Å²) in [6, 6.07) is 0. The highest BCUT2D eigenvalue weighted by molar-refractivity contribution is 5.56. The molecule has 18 heavy (non-hydrogen) atoms. The SMILES string of the molecule is C=C(C)[C@@H]1CC[C@@]2(C1)[C@H](C=O)C[C@@H](O)[C@H](O)[C@H]2C. The Morgan fingerprint density at radius 3 is 2.61 bits per heavy atom. The summed E-state index contributed by atoms with van der Waals surface area (Å²) in [6.07, 6.45) is 2.86. The lowest BCUT2D eigenvalue weighted by Gasteiger charge is -2.48. The van der Waals surface area contributed by atoms with Crippen molar-refractivity contribution in [2.24, 2.45) is 23.2 Å². The monoisotopic (exact) mass is 252 g/mol. The van der Waals surface area contributed by atoms with Crippen LogP contribution in [0.3, 0.4) is 0 Å². The van der Waals surface area contributed by atoms with Crippen LogP contribution in [0.15, 0.2) is 12.2 Å². The first-order valence-corrected chi connectivity index (χ1v) is 6.89. The molecular weight excluding hydrogens is 228 g/mol. The third-order valence-corrected chi connectivity index (χ3v) is 5.49. The van der Waals surface area contributed by atoms with Crippen LogP contribution in [0.2, 0.25) is 0 Å². The zero-order valence-electron chi connectivity index (χ0n) is 11.3. The fourth-order valence-corrected chi connectivity index (χ4v) is 4.11. The molecule has 0 saturated heterocycles. The maximum atomic E-state index is 11.4. The summed E-state index contributed by atoms with van der Waals surface area (Å²) in [5.74, 6) is 0.299. The van der Waals surface area contributed by atoms with E-state index < -0.39 is 12.2 Å². The number of aldehydes is 1. The van der Waals surface area contributed by atoms with Gasteiger partial charge in [0.25, 0.3) is 0 Å². The molecule has 0 aromatic rings. The Bertz CT molecular complexity index is 352. The van der Waals surface area contributed by atoms with E-state index in [9.17, 15) is 15.0 Å². The fraction of sp³-hybridized carbons (Fsp3) is 0.800. The van der Waals surface area contributed by atoms with Crippen molar-refractivity contribution in [1.29, 1.82) is 0 Å². The van der Waals surface area contributed by atoms with E-state index >= 15 is 0 Å². The minimum absolute atomic E-state index is 0.0270. The summed E-state index contributed by atoms with van der Waals surface area (Å²) in [6.45, 7) is 8.04. The number of carbonyl (C=O) groups is 1. The highest BCUT2D eigenvalue weighted by Crippen LogP contribution is 2.57. The van der Waals surface area contributed by atoms with Crippen molar-refractivity contribution in [3.8, 4) is 0 Å². The smallest absolute Gasteiger partial charge is 0.123 e. The molecule has 6 atom stereocenters. The minimum atomic E-state index is -0.760. The number of allylic oxidation sites excluding steroid dienone is 1. The molecule has 0 heterocycles. The molecule has 0 aromatic heterocycles. The van der Waals surface area contributed by atoms with Gasteiger partial charge in [-0.15, -0.1) is 0 Å². The molecule has 0 unspecified atom stereocenters. The van der Waals surface area contributed by atoms with E-state index in [4.69, 9.17) is 0 Å². The van der Waals surface area contributed by atoms with Crippen molar-refractivity contribution >= 4 is 6.29 Å². The third-order valence-electron chi connectivity index (χ3n) is 5.49. The number of hydrogen-bond donors (Lipinski definition) is 2. The molecule has 0 aromatic carbocycles. The van der Waals surface area contributed by atoms with Gasteiger partial charge in [-0.25, -0.2) is 0 Å². The number of hydrogen-bond acceptors (Lipinski definition) is 3. The predicted molar refractivity (Wildman–Crippen MR) is 69.9 cm³/mol. The van der Waals surface area contributed by atoms with E-state index in [1.807, 2.05) is 13.8 Å². The Morgan fingerprint density at radius 1 is 1.44 bits per heavy atom. The second-order valence-corrected chi connectivity index (χ2v) is 6.34. The molecular formula is C15H24O3. The van der Waals surface area contributed by atoms with Crippen LogP contribution in [-0.4, -0.2) is 28.7 Å². The van der Waals surface area contributed by atoms with Gasteiger partial charge < -0.3 is 15.0 Å². The lowest BCUT2D eigenvalue weighted by molar-refractivity contribution is -0.142. The standard InChI is InChI=1S/C15H24O3/c1-9(2)11-4-5-15(7-11)10(3)14(18)13(17)6-12(15)8-16/h8,10-14,17-18H,1,4-7H2,2-3H3/t10-,11-,12+,13-,14-,15+/m1/s1. The molecule has 1 spiro atoms. The van der Waals surface area contributed by atoms with Crippen molar-refractivity contribution in [1.82, 2.24) is 0 Å². The fourth-order valence-electron chi connectivity index (χ4n) is 4.11. The van der Waals surface area contributed by atoms with Crippen LogP contribution in [0.25, 0.3) is 0 Å². The summed E-state index contributed by atoms with van der Waals surface area (Å²) < 4.78 is 0. The van der Waals surface area contributed by atoms with Crippen molar-refractivity contribution in [2.45, 2.75) is 51.7 Å². The molecule has 2 rings (SSSR count). The van der Waals surface area contributed by atoms with Gasteiger partial charge in [0.2, 0.25) is 0 Å². The lowest BCUT2D eigenvalue weighted by atomic mass is 9.58. The second-order valence-electron chi connectivity index (χ2n) is 6.34. The van der Waals surface area contributed by atoms with Crippen LogP contribution >= 0.6 is 0 Å². The topological polar surface area (TPSA) is 57.5 Å². The number of rotatable bonds is 2. The van der Waals surface area contributed by atoms with Gasteiger partial charge >= 0.3 is 0 Å². The first kappa shape index (κ1) is 13.8. The first-order valence-electron chi connectivity index (χ1n) is 6.89. The maximum absolute atomic E-state index is 11.4. The zero-order valence-corrected chi connectivity index (χ0v) is 11.3. The van der Waals surface area contributed by atoms with Crippen LogP contribution in [0.4, 0.5) is 0 Å². The quantitative estimate of drug-likeness (QED) is 0.583. The van der Waals surface area contributed by atoms with Crippen LogP contribution in [-0.2, 0) is 4.79 Å². The van der Waals surface area contributed by atoms with Crippen molar-refractivity contribution in [3.05, 3.63) is 12.2 Å². The van der Waals surface area contributed by atoms with E-state index in [1.165, 1.54) is 5.57 Å². The van der Waals surface area contributed by atoms with Crippen molar-refractivity contribution < 1.29 is 15.0 Å². The van der Waals surface area contributed by atoms with Crippen LogP contribution in [0.1, 0.15) is 39.5 Å². The van der Waals surface area contributed by atoms with Crippen LogP contribution < -0.4 is 0 Å². The maximum Gasteiger partial charge on any atom is 0.123 e. The normalized spacial score (nSPS) is 48.3. The second kappa shape index (κ2) is 4.78. The van der Waals surface area contributed by atoms with Gasteiger partial charge in [0, 0.05) is 5.92 Å². The molecule has 0 bridgehead atoms. The van der Waals surface area contributed by atoms with Gasteiger partial charge in [-0.1, -0.05) is 19.1 Å². The van der Waals surface area contributed by atoms with Gasteiger partial charge in [-0.05, 0) is 49.9 Å².